The smallest absolute Gasteiger partial charge is 0.0947 e. The molecule has 0 amide bonds. The van der Waals surface area contributed by atoms with Gasteiger partial charge in [0.25, 0.3) is 0 Å². The Kier molecular flexibility index (Phi) is 5.86. The van der Waals surface area contributed by atoms with Crippen molar-refractivity contribution >= 4 is 34.7 Å². The molecule has 6 heteroatoms. The first-order valence-corrected chi connectivity index (χ1v) is 8.54. The zero-order chi connectivity index (χ0) is 14.5. The van der Waals surface area contributed by atoms with Crippen LogP contribution in [0, 0.1) is 13.8 Å². The average Bonchev–Trinajstić information content (AvgIpc) is 2.73. The van der Waals surface area contributed by atoms with E-state index in [0.717, 1.165) is 32.8 Å². The first kappa shape index (κ1) is 15.8. The highest BCUT2D eigenvalue weighted by molar-refractivity contribution is 7.99. The molecular formula is C14H18ClN3S2. The highest BCUT2D eigenvalue weighted by atomic mass is 35.5. The summed E-state index contributed by atoms with van der Waals surface area (Å²) in [5.41, 5.74) is 3.99. The molecule has 2 aromatic rings. The third-order valence-corrected chi connectivity index (χ3v) is 5.46. The molecular weight excluding hydrogens is 310 g/mol. The van der Waals surface area contributed by atoms with Crippen LogP contribution in [0.1, 0.15) is 15.6 Å². The third kappa shape index (κ3) is 4.46. The summed E-state index contributed by atoms with van der Waals surface area (Å²) in [5, 5.41) is 1.90. The number of hydrogen-bond acceptors (Lipinski definition) is 5. The Balaban J connectivity index is 1.92. The predicted molar refractivity (Wildman–Crippen MR) is 88.6 cm³/mol. The van der Waals surface area contributed by atoms with Gasteiger partial charge in [0.05, 0.1) is 10.7 Å². The number of nitrogens with zero attached hydrogens (tertiary/aromatic N) is 1. The highest BCUT2D eigenvalue weighted by Crippen LogP contribution is 2.24. The van der Waals surface area contributed by atoms with E-state index in [-0.39, 0.29) is 6.04 Å². The summed E-state index contributed by atoms with van der Waals surface area (Å²) in [7, 11) is 0. The van der Waals surface area contributed by atoms with Gasteiger partial charge in [0.15, 0.2) is 0 Å². The monoisotopic (exact) mass is 327 g/mol. The Morgan fingerprint density at radius 1 is 1.45 bits per heavy atom. The maximum Gasteiger partial charge on any atom is 0.0947 e. The van der Waals surface area contributed by atoms with Crippen molar-refractivity contribution < 1.29 is 0 Å². The largest absolute Gasteiger partial charge is 0.271 e. The van der Waals surface area contributed by atoms with E-state index in [2.05, 4.69) is 23.4 Å². The fourth-order valence-electron chi connectivity index (χ4n) is 1.76. The Labute approximate surface area is 132 Å². The molecule has 0 aliphatic carbocycles. The van der Waals surface area contributed by atoms with Gasteiger partial charge in [-0.3, -0.25) is 11.3 Å². The SMILES string of the molecule is Cc1nc(CC(CSc2cccc(Cl)c2)NN)sc1C. The number of thiazole rings is 1. The van der Waals surface area contributed by atoms with Crippen LogP contribution in [0.15, 0.2) is 29.2 Å². The van der Waals surface area contributed by atoms with Crippen LogP contribution in [0.2, 0.25) is 5.02 Å². The molecule has 20 heavy (non-hydrogen) atoms. The van der Waals surface area contributed by atoms with Crippen LogP contribution in [0.5, 0.6) is 0 Å². The molecule has 0 aliphatic heterocycles. The Bertz CT molecular complexity index is 552. The van der Waals surface area contributed by atoms with Crippen LogP contribution in [0.4, 0.5) is 0 Å². The lowest BCUT2D eigenvalue weighted by Crippen LogP contribution is -2.38. The van der Waals surface area contributed by atoms with E-state index in [1.54, 1.807) is 23.1 Å². The number of thioether (sulfide) groups is 1. The lowest BCUT2D eigenvalue weighted by Gasteiger charge is -2.14. The van der Waals surface area contributed by atoms with E-state index in [1.165, 1.54) is 4.88 Å². The summed E-state index contributed by atoms with van der Waals surface area (Å²) in [6.07, 6.45) is 0.851. The molecule has 1 unspecified atom stereocenters. The topological polar surface area (TPSA) is 50.9 Å². The van der Waals surface area contributed by atoms with Crippen LogP contribution in [0.3, 0.4) is 0 Å². The standard InChI is InChI=1S/C14H18ClN3S2/c1-9-10(2)20-14(17-9)7-12(18-16)8-19-13-5-3-4-11(15)6-13/h3-6,12,18H,7-8,16H2,1-2H3. The minimum Gasteiger partial charge on any atom is -0.271 e. The molecule has 1 aromatic heterocycles. The minimum atomic E-state index is 0.198. The maximum absolute atomic E-state index is 5.98. The fraction of sp³-hybridized carbons (Fsp3) is 0.357. The summed E-state index contributed by atoms with van der Waals surface area (Å²) in [6.45, 7) is 4.14. The van der Waals surface area contributed by atoms with Crippen molar-refractivity contribution in [3.63, 3.8) is 0 Å². The number of aromatic nitrogens is 1. The van der Waals surface area contributed by atoms with E-state index in [9.17, 15) is 0 Å². The fourth-order valence-corrected chi connectivity index (χ4v) is 4.02. The normalized spacial score (nSPS) is 12.6. The first-order valence-electron chi connectivity index (χ1n) is 6.36. The van der Waals surface area contributed by atoms with Crippen LogP contribution >= 0.6 is 34.7 Å². The van der Waals surface area contributed by atoms with Crippen molar-refractivity contribution in [2.24, 2.45) is 5.84 Å². The van der Waals surface area contributed by atoms with Crippen LogP contribution in [-0.4, -0.2) is 16.8 Å². The number of nitrogens with one attached hydrogen (secondary N) is 1. The van der Waals surface area contributed by atoms with E-state index >= 15 is 0 Å². The molecule has 0 aliphatic rings. The van der Waals surface area contributed by atoms with Crippen molar-refractivity contribution in [3.05, 3.63) is 44.9 Å². The minimum absolute atomic E-state index is 0.198. The highest BCUT2D eigenvalue weighted by Gasteiger charge is 2.12. The number of aryl methyl sites for hydroxylation is 2. The van der Waals surface area contributed by atoms with Gasteiger partial charge in [-0.25, -0.2) is 4.98 Å². The Morgan fingerprint density at radius 2 is 2.25 bits per heavy atom. The van der Waals surface area contributed by atoms with Gasteiger partial charge in [-0.1, -0.05) is 17.7 Å². The lowest BCUT2D eigenvalue weighted by atomic mass is 10.2. The van der Waals surface area contributed by atoms with Gasteiger partial charge in [-0.2, -0.15) is 0 Å². The van der Waals surface area contributed by atoms with E-state index in [4.69, 9.17) is 17.4 Å². The van der Waals surface area contributed by atoms with Crippen LogP contribution in [-0.2, 0) is 6.42 Å². The summed E-state index contributed by atoms with van der Waals surface area (Å²) in [6, 6.07) is 8.07. The number of benzene rings is 1. The number of halogens is 1. The number of nitrogens with two attached hydrogens (primary N) is 1. The molecule has 0 saturated heterocycles. The third-order valence-electron chi connectivity index (χ3n) is 2.98. The second-order valence-electron chi connectivity index (χ2n) is 4.59. The molecule has 0 fully saturated rings. The molecule has 1 atom stereocenters. The Hall–Kier alpha value is -0.590. The summed E-state index contributed by atoms with van der Waals surface area (Å²) in [4.78, 5) is 6.99. The molecule has 0 radical (unpaired) electrons. The molecule has 108 valence electrons. The van der Waals surface area contributed by atoms with E-state index in [1.807, 2.05) is 25.1 Å². The molecule has 0 bridgehead atoms. The maximum atomic E-state index is 5.98. The van der Waals surface area contributed by atoms with Gasteiger partial charge in [0.2, 0.25) is 0 Å². The molecule has 1 aromatic carbocycles. The number of hydrogen-bond donors (Lipinski definition) is 2. The predicted octanol–water partition coefficient (Wildman–Crippen LogP) is 3.58. The molecule has 0 saturated carbocycles. The molecule has 3 N–H and O–H groups in total. The van der Waals surface area contributed by atoms with E-state index < -0.39 is 0 Å². The molecule has 0 spiro atoms. The van der Waals surface area contributed by atoms with Crippen LogP contribution in [0.25, 0.3) is 0 Å². The first-order chi connectivity index (χ1) is 9.58. The molecule has 1 heterocycles. The van der Waals surface area contributed by atoms with Gasteiger partial charge >= 0.3 is 0 Å². The number of rotatable bonds is 6. The van der Waals surface area contributed by atoms with Crippen LogP contribution < -0.4 is 11.3 Å². The second kappa shape index (κ2) is 7.43. The van der Waals surface area contributed by atoms with Gasteiger partial charge in [0, 0.05) is 33.0 Å². The second-order valence-corrected chi connectivity index (χ2v) is 7.40. The van der Waals surface area contributed by atoms with Gasteiger partial charge in [-0.15, -0.1) is 23.1 Å². The van der Waals surface area contributed by atoms with Crippen molar-refractivity contribution in [1.29, 1.82) is 0 Å². The summed E-state index contributed by atoms with van der Waals surface area (Å²) >= 11 is 9.47. The van der Waals surface area contributed by atoms with Crippen molar-refractivity contribution in [3.8, 4) is 0 Å². The average molecular weight is 328 g/mol. The van der Waals surface area contributed by atoms with E-state index in [0.29, 0.717) is 0 Å². The van der Waals surface area contributed by atoms with Gasteiger partial charge < -0.3 is 0 Å². The zero-order valence-corrected chi connectivity index (χ0v) is 13.9. The summed E-state index contributed by atoms with van der Waals surface area (Å²) < 4.78 is 0. The zero-order valence-electron chi connectivity index (χ0n) is 11.5. The van der Waals surface area contributed by atoms with Gasteiger partial charge in [0.1, 0.15) is 0 Å². The van der Waals surface area contributed by atoms with Gasteiger partial charge in [-0.05, 0) is 32.0 Å². The number of hydrazine groups is 1. The lowest BCUT2D eigenvalue weighted by molar-refractivity contribution is 0.574. The van der Waals surface area contributed by atoms with Crippen molar-refractivity contribution in [1.82, 2.24) is 10.4 Å². The Morgan fingerprint density at radius 3 is 2.85 bits per heavy atom. The molecule has 2 rings (SSSR count). The van der Waals surface area contributed by atoms with Crippen molar-refractivity contribution in [2.45, 2.75) is 31.2 Å². The van der Waals surface area contributed by atoms with Crippen molar-refractivity contribution in [2.75, 3.05) is 5.75 Å². The quantitative estimate of drug-likeness (QED) is 0.484. The summed E-state index contributed by atoms with van der Waals surface area (Å²) in [5.74, 6) is 6.53. The molecule has 3 nitrogen and oxygen atoms in total.